The normalized spacial score (nSPS) is 13.7. The van der Waals surface area contributed by atoms with Gasteiger partial charge in [0, 0.05) is 16.5 Å². The summed E-state index contributed by atoms with van der Waals surface area (Å²) < 4.78 is 5.01. The topological polar surface area (TPSA) is 46.6 Å². The average molecular weight is 267 g/mol. The van der Waals surface area contributed by atoms with Crippen LogP contribution >= 0.6 is 0 Å². The van der Waals surface area contributed by atoms with Crippen LogP contribution in [0, 0.1) is 0 Å². The summed E-state index contributed by atoms with van der Waals surface area (Å²) in [6.07, 6.45) is 1.30. The Hall–Kier alpha value is -2.62. The van der Waals surface area contributed by atoms with Crippen LogP contribution in [-0.4, -0.2) is 29.9 Å². The van der Waals surface area contributed by atoms with Gasteiger partial charge in [0.25, 0.3) is 11.8 Å². The van der Waals surface area contributed by atoms with E-state index in [1.807, 2.05) is 24.3 Å². The van der Waals surface area contributed by atoms with E-state index in [-0.39, 0.29) is 25.0 Å². The minimum Gasteiger partial charge on any atom is -0.500 e. The minimum absolute atomic E-state index is 0.217. The van der Waals surface area contributed by atoms with Crippen molar-refractivity contribution in [2.75, 3.05) is 13.2 Å². The number of hydrogen-bond acceptors (Lipinski definition) is 3. The molecule has 0 radical (unpaired) electrons. The summed E-state index contributed by atoms with van der Waals surface area (Å²) in [5, 5.41) is 1.65. The van der Waals surface area contributed by atoms with Gasteiger partial charge in [0.15, 0.2) is 0 Å². The van der Waals surface area contributed by atoms with Crippen LogP contribution in [0.5, 0.6) is 0 Å². The van der Waals surface area contributed by atoms with E-state index in [9.17, 15) is 9.59 Å². The molecule has 1 heterocycles. The van der Waals surface area contributed by atoms with Crippen LogP contribution in [0.4, 0.5) is 0 Å². The Morgan fingerprint density at radius 3 is 2.20 bits per heavy atom. The summed E-state index contributed by atoms with van der Waals surface area (Å²) in [6, 6.07) is 11.0. The van der Waals surface area contributed by atoms with Crippen molar-refractivity contribution in [3.8, 4) is 0 Å². The molecule has 4 heteroatoms. The molecule has 2 aromatic carbocycles. The molecule has 1 aliphatic heterocycles. The fourth-order valence-electron chi connectivity index (χ4n) is 2.51. The van der Waals surface area contributed by atoms with E-state index in [4.69, 9.17) is 4.74 Å². The van der Waals surface area contributed by atoms with Gasteiger partial charge < -0.3 is 4.74 Å². The molecule has 0 unspecified atom stereocenters. The summed E-state index contributed by atoms with van der Waals surface area (Å²) in [5.41, 5.74) is 1.13. The second-order valence-electron chi connectivity index (χ2n) is 4.51. The predicted octanol–water partition coefficient (Wildman–Crippen LogP) is 2.60. The number of rotatable bonds is 4. The lowest BCUT2D eigenvalue weighted by molar-refractivity contribution is 0.0575. The molecule has 100 valence electrons. The van der Waals surface area contributed by atoms with Crippen LogP contribution in [0.15, 0.2) is 49.2 Å². The Kier molecular flexibility index (Phi) is 2.99. The van der Waals surface area contributed by atoms with Crippen LogP contribution in [0.3, 0.4) is 0 Å². The fraction of sp³-hybridized carbons (Fsp3) is 0.125. The van der Waals surface area contributed by atoms with Crippen molar-refractivity contribution in [3.63, 3.8) is 0 Å². The number of nitrogens with zero attached hydrogens (tertiary/aromatic N) is 1. The maximum Gasteiger partial charge on any atom is 0.261 e. The molecule has 0 aliphatic carbocycles. The monoisotopic (exact) mass is 267 g/mol. The zero-order valence-corrected chi connectivity index (χ0v) is 10.8. The maximum absolute atomic E-state index is 12.4. The van der Waals surface area contributed by atoms with Crippen LogP contribution in [0.2, 0.25) is 0 Å². The van der Waals surface area contributed by atoms with Crippen molar-refractivity contribution >= 4 is 22.6 Å². The van der Waals surface area contributed by atoms with Gasteiger partial charge in [0.05, 0.1) is 12.8 Å². The molecule has 0 spiro atoms. The van der Waals surface area contributed by atoms with Crippen LogP contribution in [-0.2, 0) is 4.74 Å². The molecule has 4 nitrogen and oxygen atoms in total. The fourth-order valence-corrected chi connectivity index (χ4v) is 2.51. The molecule has 0 bridgehead atoms. The number of ether oxygens (including phenoxy) is 1. The lowest BCUT2D eigenvalue weighted by atomic mass is 9.94. The third-order valence-corrected chi connectivity index (χ3v) is 3.41. The number of imide groups is 1. The van der Waals surface area contributed by atoms with Crippen molar-refractivity contribution in [2.24, 2.45) is 0 Å². The Balaban J connectivity index is 2.09. The van der Waals surface area contributed by atoms with Gasteiger partial charge in [-0.15, -0.1) is 0 Å². The Morgan fingerprint density at radius 2 is 1.65 bits per heavy atom. The quantitative estimate of drug-likeness (QED) is 0.486. The van der Waals surface area contributed by atoms with Gasteiger partial charge in [0.1, 0.15) is 6.61 Å². The first kappa shape index (κ1) is 12.4. The maximum atomic E-state index is 12.4. The van der Waals surface area contributed by atoms with Gasteiger partial charge in [-0.25, -0.2) is 0 Å². The van der Waals surface area contributed by atoms with Gasteiger partial charge in [-0.05, 0) is 17.5 Å². The van der Waals surface area contributed by atoms with Crippen molar-refractivity contribution in [1.29, 1.82) is 0 Å². The first-order valence-corrected chi connectivity index (χ1v) is 6.34. The Bertz CT molecular complexity index is 670. The first-order valence-electron chi connectivity index (χ1n) is 6.34. The SMILES string of the molecule is C=COCCN1C(=O)c2cccc3cccc(c23)C1=O. The number of benzene rings is 2. The van der Waals surface area contributed by atoms with Gasteiger partial charge >= 0.3 is 0 Å². The van der Waals surface area contributed by atoms with Crippen molar-refractivity contribution in [2.45, 2.75) is 0 Å². The lowest BCUT2D eigenvalue weighted by Crippen LogP contribution is -2.42. The molecule has 2 amide bonds. The Morgan fingerprint density at radius 1 is 1.05 bits per heavy atom. The molecule has 3 rings (SSSR count). The third kappa shape index (κ3) is 1.77. The highest BCUT2D eigenvalue weighted by Crippen LogP contribution is 2.29. The van der Waals surface area contributed by atoms with Gasteiger partial charge in [-0.3, -0.25) is 14.5 Å². The summed E-state index contributed by atoms with van der Waals surface area (Å²) in [6.45, 7) is 3.90. The molecule has 0 aromatic heterocycles. The van der Waals surface area contributed by atoms with E-state index < -0.39 is 0 Å². The van der Waals surface area contributed by atoms with Crippen LogP contribution in [0.25, 0.3) is 10.8 Å². The van der Waals surface area contributed by atoms with E-state index in [0.717, 1.165) is 10.8 Å². The van der Waals surface area contributed by atoms with E-state index in [0.29, 0.717) is 11.1 Å². The number of carbonyl (C=O) groups excluding carboxylic acids is 2. The smallest absolute Gasteiger partial charge is 0.261 e. The highest BCUT2D eigenvalue weighted by Gasteiger charge is 2.32. The molecule has 0 atom stereocenters. The Labute approximate surface area is 116 Å². The largest absolute Gasteiger partial charge is 0.500 e. The van der Waals surface area contributed by atoms with E-state index in [1.165, 1.54) is 11.2 Å². The summed E-state index contributed by atoms with van der Waals surface area (Å²) in [7, 11) is 0. The highest BCUT2D eigenvalue weighted by atomic mass is 16.5. The second kappa shape index (κ2) is 4.81. The molecule has 1 aliphatic rings. The standard InChI is InChI=1S/C16H13NO3/c1-2-20-10-9-17-15(18)12-7-3-5-11-6-4-8-13(14(11)12)16(17)19/h2-8H,1,9-10H2. The van der Waals surface area contributed by atoms with Crippen molar-refractivity contribution in [3.05, 3.63) is 60.4 Å². The van der Waals surface area contributed by atoms with Crippen LogP contribution in [0.1, 0.15) is 20.7 Å². The summed E-state index contributed by atoms with van der Waals surface area (Å²) in [4.78, 5) is 26.1. The van der Waals surface area contributed by atoms with E-state index >= 15 is 0 Å². The van der Waals surface area contributed by atoms with Crippen LogP contribution < -0.4 is 0 Å². The minimum atomic E-state index is -0.271. The van der Waals surface area contributed by atoms with Crippen molar-refractivity contribution in [1.82, 2.24) is 4.90 Å². The van der Waals surface area contributed by atoms with Gasteiger partial charge in [-0.1, -0.05) is 30.8 Å². The van der Waals surface area contributed by atoms with Gasteiger partial charge in [0.2, 0.25) is 0 Å². The number of amides is 2. The second-order valence-corrected chi connectivity index (χ2v) is 4.51. The molecule has 0 N–H and O–H groups in total. The number of hydrogen-bond donors (Lipinski definition) is 0. The van der Waals surface area contributed by atoms with E-state index in [1.54, 1.807) is 12.1 Å². The highest BCUT2D eigenvalue weighted by molar-refractivity contribution is 6.25. The molecule has 0 saturated heterocycles. The molecule has 2 aromatic rings. The third-order valence-electron chi connectivity index (χ3n) is 3.41. The molecule has 0 fully saturated rings. The summed E-state index contributed by atoms with van der Waals surface area (Å²) >= 11 is 0. The molecular weight excluding hydrogens is 254 g/mol. The zero-order chi connectivity index (χ0) is 14.1. The molecule has 20 heavy (non-hydrogen) atoms. The van der Waals surface area contributed by atoms with Gasteiger partial charge in [-0.2, -0.15) is 0 Å². The predicted molar refractivity (Wildman–Crippen MR) is 75.5 cm³/mol. The first-order chi connectivity index (χ1) is 9.74. The van der Waals surface area contributed by atoms with Crippen molar-refractivity contribution < 1.29 is 14.3 Å². The lowest BCUT2D eigenvalue weighted by Gasteiger charge is -2.26. The zero-order valence-electron chi connectivity index (χ0n) is 10.8. The van der Waals surface area contributed by atoms with E-state index in [2.05, 4.69) is 6.58 Å². The summed E-state index contributed by atoms with van der Waals surface area (Å²) in [5.74, 6) is -0.543. The average Bonchev–Trinajstić information content (AvgIpc) is 2.48. The molecule has 0 saturated carbocycles. The molecular formula is C16H13NO3. The number of carbonyl (C=O) groups is 2.